The second-order valence-corrected chi connectivity index (χ2v) is 8.77. The fraction of sp³-hybridized carbons (Fsp3) is 0.391. The highest BCUT2D eigenvalue weighted by Gasteiger charge is 2.23. The summed E-state index contributed by atoms with van der Waals surface area (Å²) in [6.45, 7) is 8.18. The maximum Gasteiger partial charge on any atom is 0.154 e. The number of halogens is 1. The summed E-state index contributed by atoms with van der Waals surface area (Å²) in [5.41, 5.74) is 5.30. The number of rotatable bonds is 4. The molecular formula is C23H27FN4S. The maximum absolute atomic E-state index is 15.2. The lowest BCUT2D eigenvalue weighted by molar-refractivity contribution is 0.604. The Balaban J connectivity index is 1.79. The van der Waals surface area contributed by atoms with Gasteiger partial charge in [0.05, 0.1) is 11.0 Å². The van der Waals surface area contributed by atoms with Crippen LogP contribution in [0.3, 0.4) is 0 Å². The van der Waals surface area contributed by atoms with E-state index in [9.17, 15) is 0 Å². The molecule has 0 aliphatic carbocycles. The van der Waals surface area contributed by atoms with Crippen LogP contribution in [-0.2, 0) is 20.5 Å². The Morgan fingerprint density at radius 3 is 2.52 bits per heavy atom. The van der Waals surface area contributed by atoms with Gasteiger partial charge in [0, 0.05) is 54.8 Å². The number of pyridine rings is 1. The van der Waals surface area contributed by atoms with Gasteiger partial charge in [-0.2, -0.15) is 0 Å². The maximum atomic E-state index is 15.2. The molecule has 0 radical (unpaired) electrons. The Kier molecular flexibility index (Phi) is 4.93. The number of fused-ring (bicyclic) bond motifs is 2. The Hall–Kier alpha value is -2.34. The molecule has 4 nitrogen and oxygen atoms in total. The van der Waals surface area contributed by atoms with Crippen LogP contribution in [0.5, 0.6) is 0 Å². The number of hydrogen-bond donors (Lipinski definition) is 1. The zero-order valence-electron chi connectivity index (χ0n) is 17.8. The van der Waals surface area contributed by atoms with Crippen LogP contribution in [0.1, 0.15) is 55.3 Å². The average molecular weight is 411 g/mol. The monoisotopic (exact) mass is 410 g/mol. The van der Waals surface area contributed by atoms with Gasteiger partial charge in [-0.3, -0.25) is 4.98 Å². The van der Waals surface area contributed by atoms with Crippen molar-refractivity contribution in [1.82, 2.24) is 19.1 Å². The molecule has 1 aromatic carbocycles. The molecule has 6 heteroatoms. The quantitative estimate of drug-likeness (QED) is 0.440. The van der Waals surface area contributed by atoms with Crippen molar-refractivity contribution in [3.05, 3.63) is 53.0 Å². The summed E-state index contributed by atoms with van der Waals surface area (Å²) in [5, 5.41) is 1.05. The first kappa shape index (κ1) is 20.0. The van der Waals surface area contributed by atoms with E-state index >= 15 is 4.39 Å². The number of aromatic nitrogens is 4. The van der Waals surface area contributed by atoms with Crippen LogP contribution in [0.2, 0.25) is 0 Å². The first-order chi connectivity index (χ1) is 13.7. The highest BCUT2D eigenvalue weighted by atomic mass is 32.1. The molecule has 152 valence electrons. The lowest BCUT2D eigenvalue weighted by atomic mass is 9.96. The van der Waals surface area contributed by atoms with Crippen LogP contribution < -0.4 is 0 Å². The summed E-state index contributed by atoms with van der Waals surface area (Å²) < 4.78 is 19.4. The van der Waals surface area contributed by atoms with E-state index in [0.29, 0.717) is 11.9 Å². The Bertz CT molecular complexity index is 1200. The minimum Gasteiger partial charge on any atom is -0.346 e. The molecule has 0 fully saturated rings. The predicted molar refractivity (Wildman–Crippen MR) is 120 cm³/mol. The summed E-state index contributed by atoms with van der Waals surface area (Å²) in [5.74, 6) is 0.988. The van der Waals surface area contributed by atoms with Gasteiger partial charge in [0.15, 0.2) is 5.82 Å². The molecule has 0 saturated carbocycles. The first-order valence-electron chi connectivity index (χ1n) is 9.97. The minimum atomic E-state index is -0.185. The number of imidazole rings is 1. The predicted octanol–water partition coefficient (Wildman–Crippen LogP) is 5.67. The van der Waals surface area contributed by atoms with E-state index in [1.165, 1.54) is 0 Å². The SMILES string of the molecule is Cc1cc2c(nc(CC(C)c3c(S)c4cnccc4n3C)n2C)c(F)c1C(C)C. The van der Waals surface area contributed by atoms with Gasteiger partial charge in [-0.25, -0.2) is 9.37 Å². The molecule has 0 amide bonds. The number of thiol groups is 1. The van der Waals surface area contributed by atoms with Crippen molar-refractivity contribution in [3.8, 4) is 0 Å². The average Bonchev–Trinajstić information content (AvgIpc) is 3.10. The van der Waals surface area contributed by atoms with E-state index in [1.807, 2.05) is 44.6 Å². The summed E-state index contributed by atoms with van der Waals surface area (Å²) in [7, 11) is 4.03. The van der Waals surface area contributed by atoms with E-state index in [4.69, 9.17) is 17.6 Å². The van der Waals surface area contributed by atoms with Gasteiger partial charge < -0.3 is 9.13 Å². The molecule has 0 N–H and O–H groups in total. The van der Waals surface area contributed by atoms with E-state index in [0.717, 1.165) is 44.0 Å². The van der Waals surface area contributed by atoms with Crippen LogP contribution in [0.4, 0.5) is 4.39 Å². The van der Waals surface area contributed by atoms with Crippen LogP contribution in [0.15, 0.2) is 29.4 Å². The lowest BCUT2D eigenvalue weighted by Gasteiger charge is -2.14. The van der Waals surface area contributed by atoms with Gasteiger partial charge >= 0.3 is 0 Å². The zero-order valence-corrected chi connectivity index (χ0v) is 18.7. The van der Waals surface area contributed by atoms with Crippen molar-refractivity contribution in [2.75, 3.05) is 0 Å². The molecule has 0 saturated heterocycles. The van der Waals surface area contributed by atoms with Gasteiger partial charge in [0.25, 0.3) is 0 Å². The van der Waals surface area contributed by atoms with Crippen molar-refractivity contribution >= 4 is 34.6 Å². The Morgan fingerprint density at radius 1 is 1.14 bits per heavy atom. The highest BCUT2D eigenvalue weighted by Crippen LogP contribution is 2.35. The minimum absolute atomic E-state index is 0.125. The third-order valence-electron chi connectivity index (χ3n) is 6.01. The van der Waals surface area contributed by atoms with Gasteiger partial charge in [-0.1, -0.05) is 20.8 Å². The van der Waals surface area contributed by atoms with E-state index in [2.05, 4.69) is 29.6 Å². The van der Waals surface area contributed by atoms with E-state index < -0.39 is 0 Å². The molecule has 4 aromatic rings. The van der Waals surface area contributed by atoms with Crippen molar-refractivity contribution in [1.29, 1.82) is 0 Å². The Labute approximate surface area is 176 Å². The first-order valence-corrected chi connectivity index (χ1v) is 10.4. The summed E-state index contributed by atoms with van der Waals surface area (Å²) in [6, 6.07) is 4.06. The third kappa shape index (κ3) is 3.05. The van der Waals surface area contributed by atoms with Crippen molar-refractivity contribution < 1.29 is 4.39 Å². The number of nitrogens with zero attached hydrogens (tertiary/aromatic N) is 4. The van der Waals surface area contributed by atoms with Crippen molar-refractivity contribution in [3.63, 3.8) is 0 Å². The van der Waals surface area contributed by atoms with Crippen molar-refractivity contribution in [2.24, 2.45) is 14.1 Å². The van der Waals surface area contributed by atoms with Crippen LogP contribution >= 0.6 is 12.6 Å². The second-order valence-electron chi connectivity index (χ2n) is 8.32. The smallest absolute Gasteiger partial charge is 0.154 e. The fourth-order valence-corrected chi connectivity index (χ4v) is 5.13. The standard InChI is InChI=1S/C23H27FN4S/c1-12(2)19-13(3)9-17-21(20(19)24)26-18(27(17)5)10-14(4)22-23(29)15-11-25-8-7-16(15)28(22)6/h7-9,11-12,14,29H,10H2,1-6H3. The summed E-state index contributed by atoms with van der Waals surface area (Å²) in [6.07, 6.45) is 4.35. The molecule has 1 unspecified atom stereocenters. The van der Waals surface area contributed by atoms with E-state index in [1.54, 1.807) is 6.20 Å². The number of hydrogen-bond acceptors (Lipinski definition) is 3. The molecule has 0 aliphatic heterocycles. The number of aryl methyl sites for hydroxylation is 3. The van der Waals surface area contributed by atoms with Crippen LogP contribution in [-0.4, -0.2) is 19.1 Å². The normalized spacial score (nSPS) is 13.1. The molecule has 4 rings (SSSR count). The molecule has 29 heavy (non-hydrogen) atoms. The van der Waals surface area contributed by atoms with Gasteiger partial charge in [0.2, 0.25) is 0 Å². The molecule has 0 aliphatic rings. The van der Waals surface area contributed by atoms with Gasteiger partial charge in [-0.05, 0) is 36.1 Å². The summed E-state index contributed by atoms with van der Waals surface area (Å²) >= 11 is 4.78. The zero-order chi connectivity index (χ0) is 21.0. The van der Waals surface area contributed by atoms with Gasteiger partial charge in [0.1, 0.15) is 11.3 Å². The fourth-order valence-electron chi connectivity index (χ4n) is 4.58. The Morgan fingerprint density at radius 2 is 1.86 bits per heavy atom. The third-order valence-corrected chi connectivity index (χ3v) is 6.48. The molecule has 0 bridgehead atoms. The van der Waals surface area contributed by atoms with Gasteiger partial charge in [-0.15, -0.1) is 12.6 Å². The van der Waals surface area contributed by atoms with E-state index in [-0.39, 0.29) is 17.7 Å². The highest BCUT2D eigenvalue weighted by molar-refractivity contribution is 7.80. The molecular weight excluding hydrogens is 383 g/mol. The topological polar surface area (TPSA) is 35.6 Å². The number of benzene rings is 1. The van der Waals surface area contributed by atoms with Crippen molar-refractivity contribution in [2.45, 2.75) is 50.8 Å². The van der Waals surface area contributed by atoms with Crippen LogP contribution in [0.25, 0.3) is 21.9 Å². The summed E-state index contributed by atoms with van der Waals surface area (Å²) in [4.78, 5) is 9.90. The second kappa shape index (κ2) is 7.17. The lowest BCUT2D eigenvalue weighted by Crippen LogP contribution is -2.08. The molecule has 3 heterocycles. The molecule has 1 atom stereocenters. The molecule has 0 spiro atoms. The molecule has 3 aromatic heterocycles. The largest absolute Gasteiger partial charge is 0.346 e. The van der Waals surface area contributed by atoms with Crippen LogP contribution in [0, 0.1) is 12.7 Å².